The van der Waals surface area contributed by atoms with Crippen molar-refractivity contribution in [1.82, 2.24) is 5.32 Å². The number of anilines is 1. The second kappa shape index (κ2) is 6.16. The number of nitro benzene ring substituents is 1. The van der Waals surface area contributed by atoms with E-state index >= 15 is 0 Å². The Labute approximate surface area is 119 Å². The molecule has 1 heterocycles. The molecule has 2 aromatic rings. The molecule has 0 aliphatic carbocycles. The lowest BCUT2D eigenvalue weighted by atomic mass is 10.1. The maximum atomic E-state index is 11.9. The summed E-state index contributed by atoms with van der Waals surface area (Å²) in [6, 6.07) is 7.97. The molecule has 0 spiro atoms. The smallest absolute Gasteiger partial charge is 0.292 e. The fraction of sp³-hybridized carbons (Fsp3) is 0.154. The SMILES string of the molecule is Nc1ccc(C(=O)NCCc2cccs2)cc1[N+](=O)[O-]. The Morgan fingerprint density at radius 3 is 2.85 bits per heavy atom. The highest BCUT2D eigenvalue weighted by Crippen LogP contribution is 2.22. The predicted octanol–water partition coefficient (Wildman–Crippen LogP) is 2.21. The van der Waals surface area contributed by atoms with Gasteiger partial charge in [-0.1, -0.05) is 6.07 Å². The third-order valence-electron chi connectivity index (χ3n) is 2.73. The van der Waals surface area contributed by atoms with Crippen LogP contribution in [0, 0.1) is 10.1 Å². The maximum Gasteiger partial charge on any atom is 0.292 e. The van der Waals surface area contributed by atoms with Crippen LogP contribution in [0.4, 0.5) is 11.4 Å². The van der Waals surface area contributed by atoms with Crippen molar-refractivity contribution in [3.05, 3.63) is 56.3 Å². The Bertz CT molecular complexity index is 626. The molecule has 1 aromatic heterocycles. The summed E-state index contributed by atoms with van der Waals surface area (Å²) < 4.78 is 0. The van der Waals surface area contributed by atoms with Gasteiger partial charge in [0.2, 0.25) is 0 Å². The molecule has 0 aliphatic heterocycles. The lowest BCUT2D eigenvalue weighted by Crippen LogP contribution is -2.25. The van der Waals surface area contributed by atoms with Gasteiger partial charge in [-0.2, -0.15) is 0 Å². The molecule has 7 heteroatoms. The zero-order chi connectivity index (χ0) is 14.5. The quantitative estimate of drug-likeness (QED) is 0.501. The Balaban J connectivity index is 1.98. The molecule has 0 unspecified atom stereocenters. The van der Waals surface area contributed by atoms with E-state index in [0.29, 0.717) is 6.54 Å². The summed E-state index contributed by atoms with van der Waals surface area (Å²) in [6.07, 6.45) is 0.737. The molecule has 0 bridgehead atoms. The summed E-state index contributed by atoms with van der Waals surface area (Å²) in [5, 5.41) is 15.5. The number of carbonyl (C=O) groups is 1. The van der Waals surface area contributed by atoms with Crippen LogP contribution in [0.2, 0.25) is 0 Å². The van der Waals surface area contributed by atoms with Crippen molar-refractivity contribution in [2.45, 2.75) is 6.42 Å². The van der Waals surface area contributed by atoms with Crippen molar-refractivity contribution >= 4 is 28.6 Å². The first-order valence-corrected chi connectivity index (χ1v) is 6.80. The highest BCUT2D eigenvalue weighted by Gasteiger charge is 2.15. The van der Waals surface area contributed by atoms with Crippen LogP contribution >= 0.6 is 11.3 Å². The van der Waals surface area contributed by atoms with Gasteiger partial charge in [0.25, 0.3) is 11.6 Å². The first-order valence-electron chi connectivity index (χ1n) is 5.92. The molecule has 104 valence electrons. The average molecular weight is 291 g/mol. The fourth-order valence-electron chi connectivity index (χ4n) is 1.70. The minimum atomic E-state index is -0.599. The van der Waals surface area contributed by atoms with Crippen molar-refractivity contribution in [2.24, 2.45) is 0 Å². The molecule has 20 heavy (non-hydrogen) atoms. The number of benzene rings is 1. The van der Waals surface area contributed by atoms with Gasteiger partial charge in [0, 0.05) is 23.1 Å². The number of nitrogens with two attached hydrogens (primary N) is 1. The normalized spacial score (nSPS) is 10.2. The highest BCUT2D eigenvalue weighted by atomic mass is 32.1. The molecule has 0 fully saturated rings. The van der Waals surface area contributed by atoms with E-state index in [1.54, 1.807) is 11.3 Å². The van der Waals surface area contributed by atoms with Crippen LogP contribution < -0.4 is 11.1 Å². The van der Waals surface area contributed by atoms with E-state index in [1.165, 1.54) is 23.1 Å². The Kier molecular flexibility index (Phi) is 4.31. The van der Waals surface area contributed by atoms with E-state index in [0.717, 1.165) is 6.42 Å². The number of thiophene rings is 1. The molecule has 6 nitrogen and oxygen atoms in total. The van der Waals surface area contributed by atoms with Crippen LogP contribution in [-0.2, 0) is 6.42 Å². The van der Waals surface area contributed by atoms with Crippen LogP contribution in [0.15, 0.2) is 35.7 Å². The number of nitrogens with one attached hydrogen (secondary N) is 1. The van der Waals surface area contributed by atoms with Crippen molar-refractivity contribution in [1.29, 1.82) is 0 Å². The first-order chi connectivity index (χ1) is 9.58. The topological polar surface area (TPSA) is 98.3 Å². The number of carbonyl (C=O) groups excluding carboxylic acids is 1. The average Bonchev–Trinajstić information content (AvgIpc) is 2.92. The number of rotatable bonds is 5. The van der Waals surface area contributed by atoms with Gasteiger partial charge in [-0.05, 0) is 30.0 Å². The predicted molar refractivity (Wildman–Crippen MR) is 77.9 cm³/mol. The summed E-state index contributed by atoms with van der Waals surface area (Å²) in [5.41, 5.74) is 5.51. The molecule has 2 rings (SSSR count). The van der Waals surface area contributed by atoms with Gasteiger partial charge in [0.15, 0.2) is 0 Å². The van der Waals surface area contributed by atoms with E-state index < -0.39 is 4.92 Å². The van der Waals surface area contributed by atoms with Crippen LogP contribution in [0.3, 0.4) is 0 Å². The van der Waals surface area contributed by atoms with Crippen LogP contribution in [0.5, 0.6) is 0 Å². The minimum absolute atomic E-state index is 0.0464. The molecule has 0 aliphatic rings. The van der Waals surface area contributed by atoms with Gasteiger partial charge in [0.1, 0.15) is 5.69 Å². The molecular formula is C13H13N3O3S. The van der Waals surface area contributed by atoms with Crippen molar-refractivity contribution in [3.63, 3.8) is 0 Å². The summed E-state index contributed by atoms with van der Waals surface area (Å²) in [5.74, 6) is -0.343. The molecule has 0 atom stereocenters. The van der Waals surface area contributed by atoms with Gasteiger partial charge < -0.3 is 11.1 Å². The molecule has 1 aromatic carbocycles. The van der Waals surface area contributed by atoms with Gasteiger partial charge >= 0.3 is 0 Å². The standard InChI is InChI=1S/C13H13N3O3S/c14-11-4-3-9(8-12(11)16(18)19)13(17)15-6-5-10-2-1-7-20-10/h1-4,7-8H,5-6,14H2,(H,15,17). The highest BCUT2D eigenvalue weighted by molar-refractivity contribution is 7.09. The van der Waals surface area contributed by atoms with Gasteiger partial charge in [-0.3, -0.25) is 14.9 Å². The van der Waals surface area contributed by atoms with Crippen molar-refractivity contribution in [3.8, 4) is 0 Å². The van der Waals surface area contributed by atoms with E-state index in [4.69, 9.17) is 5.73 Å². The van der Waals surface area contributed by atoms with Crippen LogP contribution in [-0.4, -0.2) is 17.4 Å². The fourth-order valence-corrected chi connectivity index (χ4v) is 2.41. The van der Waals surface area contributed by atoms with Crippen molar-refractivity contribution in [2.75, 3.05) is 12.3 Å². The van der Waals surface area contributed by atoms with E-state index in [-0.39, 0.29) is 22.8 Å². The number of hydrogen-bond acceptors (Lipinski definition) is 5. The summed E-state index contributed by atoms with van der Waals surface area (Å²) >= 11 is 1.62. The molecule has 1 amide bonds. The second-order valence-corrected chi connectivity index (χ2v) is 5.15. The zero-order valence-electron chi connectivity index (χ0n) is 10.5. The van der Waals surface area contributed by atoms with E-state index in [1.807, 2.05) is 17.5 Å². The van der Waals surface area contributed by atoms with Crippen LogP contribution in [0.25, 0.3) is 0 Å². The number of nitrogens with zero attached hydrogens (tertiary/aromatic N) is 1. The molecular weight excluding hydrogens is 278 g/mol. The van der Waals surface area contributed by atoms with Crippen LogP contribution in [0.1, 0.15) is 15.2 Å². The monoisotopic (exact) mass is 291 g/mol. The summed E-state index contributed by atoms with van der Waals surface area (Å²) in [6.45, 7) is 0.484. The lowest BCUT2D eigenvalue weighted by molar-refractivity contribution is -0.383. The largest absolute Gasteiger partial charge is 0.393 e. The molecule has 3 N–H and O–H groups in total. The van der Waals surface area contributed by atoms with E-state index in [2.05, 4.69) is 5.32 Å². The Hall–Kier alpha value is -2.41. The van der Waals surface area contributed by atoms with E-state index in [9.17, 15) is 14.9 Å². The molecule has 0 saturated heterocycles. The third kappa shape index (κ3) is 3.33. The zero-order valence-corrected chi connectivity index (χ0v) is 11.4. The maximum absolute atomic E-state index is 11.9. The second-order valence-electron chi connectivity index (χ2n) is 4.12. The lowest BCUT2D eigenvalue weighted by Gasteiger charge is -2.05. The summed E-state index contributed by atoms with van der Waals surface area (Å²) in [7, 11) is 0. The minimum Gasteiger partial charge on any atom is -0.393 e. The number of nitrogen functional groups attached to an aromatic ring is 1. The van der Waals surface area contributed by atoms with Gasteiger partial charge in [0.05, 0.1) is 4.92 Å². The van der Waals surface area contributed by atoms with Gasteiger partial charge in [-0.25, -0.2) is 0 Å². The molecule has 0 saturated carbocycles. The molecule has 0 radical (unpaired) electrons. The Morgan fingerprint density at radius 1 is 1.40 bits per heavy atom. The van der Waals surface area contributed by atoms with Crippen molar-refractivity contribution < 1.29 is 9.72 Å². The number of nitro groups is 1. The number of hydrogen-bond donors (Lipinski definition) is 2. The summed E-state index contributed by atoms with van der Waals surface area (Å²) in [4.78, 5) is 23.2. The third-order valence-corrected chi connectivity index (χ3v) is 3.66. The number of amides is 1. The first kappa shape index (κ1) is 14.0. The van der Waals surface area contributed by atoms with Gasteiger partial charge in [-0.15, -0.1) is 11.3 Å². The Morgan fingerprint density at radius 2 is 2.20 bits per heavy atom.